The van der Waals surface area contributed by atoms with Crippen molar-refractivity contribution in [1.82, 2.24) is 10.3 Å². The van der Waals surface area contributed by atoms with Gasteiger partial charge in [0.1, 0.15) is 11.4 Å². The van der Waals surface area contributed by atoms with Crippen LogP contribution in [0.5, 0.6) is 11.5 Å². The first kappa shape index (κ1) is 15.1. The molecule has 1 aliphatic carbocycles. The van der Waals surface area contributed by atoms with Crippen LogP contribution in [0.1, 0.15) is 19.3 Å². The minimum absolute atomic E-state index is 0.0859. The summed E-state index contributed by atoms with van der Waals surface area (Å²) in [5.41, 5.74) is 0.847. The summed E-state index contributed by atoms with van der Waals surface area (Å²) in [7, 11) is 0. The molecule has 1 unspecified atom stereocenters. The zero-order valence-electron chi connectivity index (χ0n) is 13.5. The number of piperidine rings is 1. The quantitative estimate of drug-likeness (QED) is 0.907. The van der Waals surface area contributed by atoms with Gasteiger partial charge >= 0.3 is 0 Å². The van der Waals surface area contributed by atoms with Crippen molar-refractivity contribution in [1.29, 1.82) is 0 Å². The van der Waals surface area contributed by atoms with Crippen LogP contribution in [0, 0.1) is 11.3 Å². The van der Waals surface area contributed by atoms with Crippen LogP contribution in [0.4, 0.5) is 5.69 Å². The highest BCUT2D eigenvalue weighted by Gasteiger charge is 2.57. The molecule has 5 nitrogen and oxygen atoms in total. The van der Waals surface area contributed by atoms with Crippen molar-refractivity contribution in [3.05, 3.63) is 48.8 Å². The number of carbonyl (C=O) groups is 1. The maximum absolute atomic E-state index is 12.6. The van der Waals surface area contributed by atoms with Crippen LogP contribution in [-0.4, -0.2) is 24.0 Å². The van der Waals surface area contributed by atoms with Crippen LogP contribution in [0.2, 0.25) is 0 Å². The first-order valence-corrected chi connectivity index (χ1v) is 8.45. The van der Waals surface area contributed by atoms with Gasteiger partial charge in [0, 0.05) is 18.2 Å². The molecule has 2 aliphatic rings. The average molecular weight is 323 g/mol. The summed E-state index contributed by atoms with van der Waals surface area (Å²) in [4.78, 5) is 16.8. The van der Waals surface area contributed by atoms with Gasteiger partial charge in [0.05, 0.1) is 6.20 Å². The Bertz CT molecular complexity index is 726. The molecule has 1 aromatic heterocycles. The Morgan fingerprint density at radius 3 is 2.79 bits per heavy atom. The number of amides is 1. The van der Waals surface area contributed by atoms with Crippen molar-refractivity contribution < 1.29 is 9.53 Å². The van der Waals surface area contributed by atoms with Gasteiger partial charge in [-0.15, -0.1) is 0 Å². The number of anilines is 1. The molecule has 1 aromatic carbocycles. The minimum atomic E-state index is 0.0859. The van der Waals surface area contributed by atoms with E-state index in [0.29, 0.717) is 11.4 Å². The lowest BCUT2D eigenvalue weighted by molar-refractivity contribution is -0.118. The number of aromatic nitrogens is 1. The topological polar surface area (TPSA) is 63.2 Å². The van der Waals surface area contributed by atoms with E-state index in [4.69, 9.17) is 4.74 Å². The van der Waals surface area contributed by atoms with Gasteiger partial charge in [-0.1, -0.05) is 18.2 Å². The number of hydrogen-bond donors (Lipinski definition) is 2. The monoisotopic (exact) mass is 323 g/mol. The molecule has 1 spiro atoms. The molecule has 0 radical (unpaired) electrons. The molecule has 124 valence electrons. The SMILES string of the molecule is O=C(Nc1cnccc1Oc1ccccc1)C1CC12CCNCC2. The Labute approximate surface area is 141 Å². The smallest absolute Gasteiger partial charge is 0.228 e. The summed E-state index contributed by atoms with van der Waals surface area (Å²) in [6, 6.07) is 11.3. The highest BCUT2D eigenvalue weighted by molar-refractivity contribution is 5.96. The van der Waals surface area contributed by atoms with Crippen molar-refractivity contribution >= 4 is 11.6 Å². The summed E-state index contributed by atoms with van der Waals surface area (Å²) in [5, 5.41) is 6.38. The van der Waals surface area contributed by atoms with Crippen molar-refractivity contribution in [3.63, 3.8) is 0 Å². The first-order valence-electron chi connectivity index (χ1n) is 8.45. The maximum Gasteiger partial charge on any atom is 0.228 e. The van der Waals surface area contributed by atoms with E-state index in [0.717, 1.165) is 38.1 Å². The number of benzene rings is 1. The van der Waals surface area contributed by atoms with E-state index < -0.39 is 0 Å². The molecular weight excluding hydrogens is 302 g/mol. The number of carbonyl (C=O) groups excluding carboxylic acids is 1. The fourth-order valence-corrected chi connectivity index (χ4v) is 3.60. The van der Waals surface area contributed by atoms with Crippen molar-refractivity contribution in [3.8, 4) is 11.5 Å². The van der Waals surface area contributed by atoms with E-state index in [9.17, 15) is 4.79 Å². The van der Waals surface area contributed by atoms with Gasteiger partial charge in [-0.25, -0.2) is 0 Å². The lowest BCUT2D eigenvalue weighted by atomic mass is 9.92. The maximum atomic E-state index is 12.6. The fourth-order valence-electron chi connectivity index (χ4n) is 3.60. The summed E-state index contributed by atoms with van der Waals surface area (Å²) in [6.45, 7) is 2.03. The molecule has 1 saturated carbocycles. The third kappa shape index (κ3) is 2.99. The zero-order valence-corrected chi connectivity index (χ0v) is 13.5. The van der Waals surface area contributed by atoms with E-state index in [-0.39, 0.29) is 17.2 Å². The fraction of sp³-hybridized carbons (Fsp3) is 0.368. The summed E-state index contributed by atoms with van der Waals surface area (Å²) < 4.78 is 5.88. The summed E-state index contributed by atoms with van der Waals surface area (Å²) >= 11 is 0. The standard InChI is InChI=1S/C19H21N3O2/c23-18(15-12-19(15)7-10-20-11-8-19)22-16-13-21-9-6-17(16)24-14-4-2-1-3-5-14/h1-6,9,13,15,20H,7-8,10-12H2,(H,22,23). The highest BCUT2D eigenvalue weighted by Crippen LogP contribution is 2.58. The van der Waals surface area contributed by atoms with Gasteiger partial charge in [0.25, 0.3) is 0 Å². The zero-order chi connectivity index (χ0) is 16.4. The molecule has 0 bridgehead atoms. The second-order valence-corrected chi connectivity index (χ2v) is 6.65. The highest BCUT2D eigenvalue weighted by atomic mass is 16.5. The molecule has 1 saturated heterocycles. The van der Waals surface area contributed by atoms with E-state index in [1.807, 2.05) is 30.3 Å². The van der Waals surface area contributed by atoms with Gasteiger partial charge < -0.3 is 15.4 Å². The number of hydrogen-bond acceptors (Lipinski definition) is 4. The number of rotatable bonds is 4. The molecule has 1 aliphatic heterocycles. The van der Waals surface area contributed by atoms with Crippen LogP contribution in [0.3, 0.4) is 0 Å². The molecule has 24 heavy (non-hydrogen) atoms. The molecule has 2 N–H and O–H groups in total. The Morgan fingerprint density at radius 2 is 2.00 bits per heavy atom. The molecule has 2 fully saturated rings. The average Bonchev–Trinajstić information content (AvgIpc) is 3.31. The van der Waals surface area contributed by atoms with Crippen LogP contribution in [-0.2, 0) is 4.79 Å². The molecule has 1 amide bonds. The normalized spacial score (nSPS) is 21.2. The summed E-state index contributed by atoms with van der Waals surface area (Å²) in [6.07, 6.45) is 6.49. The third-order valence-electron chi connectivity index (χ3n) is 5.12. The Kier molecular flexibility index (Phi) is 3.94. The van der Waals surface area contributed by atoms with Crippen molar-refractivity contribution in [2.45, 2.75) is 19.3 Å². The number of para-hydroxylation sites is 1. The Morgan fingerprint density at radius 1 is 1.21 bits per heavy atom. The van der Waals surface area contributed by atoms with Gasteiger partial charge in [-0.05, 0) is 49.9 Å². The van der Waals surface area contributed by atoms with Gasteiger partial charge in [-0.2, -0.15) is 0 Å². The van der Waals surface area contributed by atoms with Gasteiger partial charge in [-0.3, -0.25) is 9.78 Å². The van der Waals surface area contributed by atoms with E-state index >= 15 is 0 Å². The number of nitrogens with one attached hydrogen (secondary N) is 2. The van der Waals surface area contributed by atoms with Gasteiger partial charge in [0.15, 0.2) is 5.75 Å². The minimum Gasteiger partial charge on any atom is -0.455 e. The Balaban J connectivity index is 1.46. The molecule has 2 heterocycles. The van der Waals surface area contributed by atoms with E-state index in [1.54, 1.807) is 18.5 Å². The van der Waals surface area contributed by atoms with Crippen LogP contribution in [0.25, 0.3) is 0 Å². The number of ether oxygens (including phenoxy) is 1. The number of pyridine rings is 1. The van der Waals surface area contributed by atoms with Crippen LogP contribution < -0.4 is 15.4 Å². The summed E-state index contributed by atoms with van der Waals surface area (Å²) in [5.74, 6) is 1.55. The largest absolute Gasteiger partial charge is 0.455 e. The molecule has 5 heteroatoms. The van der Waals surface area contributed by atoms with Crippen molar-refractivity contribution in [2.75, 3.05) is 18.4 Å². The van der Waals surface area contributed by atoms with Crippen molar-refractivity contribution in [2.24, 2.45) is 11.3 Å². The third-order valence-corrected chi connectivity index (χ3v) is 5.12. The molecule has 4 rings (SSSR count). The Hall–Kier alpha value is -2.40. The molecule has 1 atom stereocenters. The molecule has 2 aromatic rings. The number of nitrogens with zero attached hydrogens (tertiary/aromatic N) is 1. The van der Waals surface area contributed by atoms with E-state index in [2.05, 4.69) is 15.6 Å². The van der Waals surface area contributed by atoms with Crippen LogP contribution in [0.15, 0.2) is 48.8 Å². The second kappa shape index (κ2) is 6.24. The lowest BCUT2D eigenvalue weighted by Crippen LogP contribution is -2.31. The van der Waals surface area contributed by atoms with E-state index in [1.165, 1.54) is 0 Å². The lowest BCUT2D eigenvalue weighted by Gasteiger charge is -2.23. The molecular formula is C19H21N3O2. The van der Waals surface area contributed by atoms with Crippen LogP contribution >= 0.6 is 0 Å². The second-order valence-electron chi connectivity index (χ2n) is 6.65. The predicted octanol–water partition coefficient (Wildman–Crippen LogP) is 3.20. The predicted molar refractivity (Wildman–Crippen MR) is 92.0 cm³/mol. The first-order chi connectivity index (χ1) is 11.8. The van der Waals surface area contributed by atoms with Gasteiger partial charge in [0.2, 0.25) is 5.91 Å².